The maximum absolute atomic E-state index is 11.7. The van der Waals surface area contributed by atoms with Crippen molar-refractivity contribution in [3.05, 3.63) is 0 Å². The molecule has 0 aromatic carbocycles. The summed E-state index contributed by atoms with van der Waals surface area (Å²) in [5.74, 6) is 0.572. The van der Waals surface area contributed by atoms with Gasteiger partial charge in [0.05, 0.1) is 6.61 Å². The van der Waals surface area contributed by atoms with E-state index in [1.807, 2.05) is 6.92 Å². The summed E-state index contributed by atoms with van der Waals surface area (Å²) in [4.78, 5) is 23.3. The monoisotopic (exact) mass is 240 g/mol. The number of carbonyl (C=O) groups is 2. The second-order valence-corrected chi connectivity index (χ2v) is 4.94. The number of rotatable bonds is 7. The fraction of sp³-hybridized carbons (Fsp3) is 0.857. The Kier molecular flexibility index (Phi) is 6.23. The second kappa shape index (κ2) is 7.46. The maximum Gasteiger partial charge on any atom is 0.306 e. The van der Waals surface area contributed by atoms with Crippen molar-refractivity contribution >= 4 is 11.8 Å². The first kappa shape index (κ1) is 14.2. The zero-order valence-electron chi connectivity index (χ0n) is 11.0. The van der Waals surface area contributed by atoms with Crippen molar-refractivity contribution in [3.8, 4) is 0 Å². The molecule has 1 aliphatic rings. The maximum atomic E-state index is 11.7. The normalized spacial score (nSPS) is 24.0. The average Bonchev–Trinajstić information content (AvgIpc) is 2.65. The molecule has 2 atom stereocenters. The van der Waals surface area contributed by atoms with Gasteiger partial charge in [-0.2, -0.15) is 0 Å². The van der Waals surface area contributed by atoms with Crippen molar-refractivity contribution in [1.82, 2.24) is 0 Å². The molecule has 1 fully saturated rings. The fourth-order valence-corrected chi connectivity index (χ4v) is 2.53. The van der Waals surface area contributed by atoms with Gasteiger partial charge in [0, 0.05) is 18.8 Å². The van der Waals surface area contributed by atoms with E-state index in [4.69, 9.17) is 4.74 Å². The highest BCUT2D eigenvalue weighted by Crippen LogP contribution is 2.35. The van der Waals surface area contributed by atoms with E-state index in [1.165, 1.54) is 0 Å². The van der Waals surface area contributed by atoms with E-state index in [1.54, 1.807) is 0 Å². The Hall–Kier alpha value is -0.860. The Bertz CT molecular complexity index is 260. The van der Waals surface area contributed by atoms with Crippen LogP contribution < -0.4 is 0 Å². The molecule has 0 aliphatic heterocycles. The molecule has 3 nitrogen and oxygen atoms in total. The largest absolute Gasteiger partial charge is 0.466 e. The lowest BCUT2D eigenvalue weighted by atomic mass is 9.88. The summed E-state index contributed by atoms with van der Waals surface area (Å²) in [5, 5.41) is 0. The van der Waals surface area contributed by atoms with E-state index in [-0.39, 0.29) is 17.8 Å². The highest BCUT2D eigenvalue weighted by atomic mass is 16.5. The van der Waals surface area contributed by atoms with Crippen LogP contribution in [-0.4, -0.2) is 18.4 Å². The number of carbonyl (C=O) groups excluding carboxylic acids is 2. The van der Waals surface area contributed by atoms with E-state index >= 15 is 0 Å². The van der Waals surface area contributed by atoms with Crippen LogP contribution in [-0.2, 0) is 14.3 Å². The van der Waals surface area contributed by atoms with Crippen molar-refractivity contribution in [1.29, 1.82) is 0 Å². The summed E-state index contributed by atoms with van der Waals surface area (Å²) in [6.45, 7) is 4.61. The average molecular weight is 240 g/mol. The minimum Gasteiger partial charge on any atom is -0.466 e. The quantitative estimate of drug-likeness (QED) is 0.642. The van der Waals surface area contributed by atoms with Crippen LogP contribution >= 0.6 is 0 Å². The molecule has 1 saturated carbocycles. The molecule has 0 amide bonds. The van der Waals surface area contributed by atoms with Gasteiger partial charge < -0.3 is 4.74 Å². The molecule has 98 valence electrons. The number of esters is 1. The van der Waals surface area contributed by atoms with Gasteiger partial charge in [-0.3, -0.25) is 9.59 Å². The Morgan fingerprint density at radius 2 is 2.12 bits per heavy atom. The Balaban J connectivity index is 2.40. The molecule has 1 aliphatic carbocycles. The molecule has 0 saturated heterocycles. The van der Waals surface area contributed by atoms with Gasteiger partial charge in [-0.05, 0) is 25.2 Å². The Morgan fingerprint density at radius 1 is 1.35 bits per heavy atom. The molecule has 0 bridgehead atoms. The molecule has 0 aromatic rings. The number of ketones is 1. The van der Waals surface area contributed by atoms with Gasteiger partial charge in [0.2, 0.25) is 0 Å². The predicted molar refractivity (Wildman–Crippen MR) is 66.6 cm³/mol. The van der Waals surface area contributed by atoms with Crippen LogP contribution in [0.2, 0.25) is 0 Å². The van der Waals surface area contributed by atoms with Crippen LogP contribution in [0.25, 0.3) is 0 Å². The number of hydrogen-bond acceptors (Lipinski definition) is 3. The second-order valence-electron chi connectivity index (χ2n) is 4.94. The van der Waals surface area contributed by atoms with E-state index in [0.29, 0.717) is 25.2 Å². The summed E-state index contributed by atoms with van der Waals surface area (Å²) in [6.07, 6.45) is 5.94. The molecule has 0 aromatic heterocycles. The van der Waals surface area contributed by atoms with Crippen LogP contribution in [0.3, 0.4) is 0 Å². The van der Waals surface area contributed by atoms with E-state index < -0.39 is 0 Å². The van der Waals surface area contributed by atoms with Crippen molar-refractivity contribution in [2.24, 2.45) is 11.8 Å². The third-order valence-corrected chi connectivity index (χ3v) is 3.51. The summed E-state index contributed by atoms with van der Waals surface area (Å²) in [6, 6.07) is 0. The van der Waals surface area contributed by atoms with Crippen LogP contribution in [0, 0.1) is 11.8 Å². The first-order chi connectivity index (χ1) is 8.19. The molecular formula is C14H24O3. The highest BCUT2D eigenvalue weighted by molar-refractivity contribution is 5.84. The van der Waals surface area contributed by atoms with Crippen molar-refractivity contribution in [3.63, 3.8) is 0 Å². The van der Waals surface area contributed by atoms with Crippen molar-refractivity contribution in [2.75, 3.05) is 6.61 Å². The van der Waals surface area contributed by atoms with E-state index in [9.17, 15) is 9.59 Å². The topological polar surface area (TPSA) is 43.4 Å². The van der Waals surface area contributed by atoms with Gasteiger partial charge in [-0.1, -0.05) is 26.7 Å². The lowest BCUT2D eigenvalue weighted by Crippen LogP contribution is -2.19. The standard InChI is InChI=1S/C14H24O3/c1-3-5-6-12-11(7-8-13(12)15)10-14(16)17-9-4-2/h11-12H,3-10H2,1-2H3. The van der Waals surface area contributed by atoms with Crippen molar-refractivity contribution in [2.45, 2.75) is 58.8 Å². The van der Waals surface area contributed by atoms with E-state index in [2.05, 4.69) is 6.92 Å². The molecule has 1 rings (SSSR count). The summed E-state index contributed by atoms with van der Waals surface area (Å²) >= 11 is 0. The van der Waals surface area contributed by atoms with Crippen LogP contribution in [0.15, 0.2) is 0 Å². The Labute approximate surface area is 104 Å². The minimum absolute atomic E-state index is 0.115. The zero-order valence-corrected chi connectivity index (χ0v) is 11.0. The number of ether oxygens (including phenoxy) is 1. The predicted octanol–water partition coefficient (Wildman–Crippen LogP) is 3.12. The van der Waals surface area contributed by atoms with Gasteiger partial charge in [0.25, 0.3) is 0 Å². The third kappa shape index (κ3) is 4.49. The van der Waals surface area contributed by atoms with Gasteiger partial charge in [-0.25, -0.2) is 0 Å². The van der Waals surface area contributed by atoms with E-state index in [0.717, 1.165) is 32.1 Å². The van der Waals surface area contributed by atoms with Gasteiger partial charge in [0.1, 0.15) is 5.78 Å². The Morgan fingerprint density at radius 3 is 2.76 bits per heavy atom. The number of unbranched alkanes of at least 4 members (excludes halogenated alkanes) is 1. The highest BCUT2D eigenvalue weighted by Gasteiger charge is 2.35. The smallest absolute Gasteiger partial charge is 0.306 e. The molecule has 0 N–H and O–H groups in total. The lowest BCUT2D eigenvalue weighted by Gasteiger charge is -2.17. The van der Waals surface area contributed by atoms with Crippen LogP contribution in [0.4, 0.5) is 0 Å². The van der Waals surface area contributed by atoms with Gasteiger partial charge >= 0.3 is 5.97 Å². The molecule has 0 radical (unpaired) electrons. The molecule has 0 heterocycles. The first-order valence-electron chi connectivity index (χ1n) is 6.87. The third-order valence-electron chi connectivity index (χ3n) is 3.51. The summed E-state index contributed by atoms with van der Waals surface area (Å²) < 4.78 is 5.09. The molecule has 2 unspecified atom stereocenters. The van der Waals surface area contributed by atoms with Gasteiger partial charge in [-0.15, -0.1) is 0 Å². The summed E-state index contributed by atoms with van der Waals surface area (Å²) in [5.41, 5.74) is 0. The SMILES string of the molecule is CCCCC1C(=O)CCC1CC(=O)OCCC. The number of Topliss-reactive ketones (excluding diaryl/α,β-unsaturated/α-hetero) is 1. The zero-order chi connectivity index (χ0) is 12.7. The number of hydrogen-bond donors (Lipinski definition) is 0. The summed E-state index contributed by atoms with van der Waals surface area (Å²) in [7, 11) is 0. The molecule has 3 heteroatoms. The molecule has 17 heavy (non-hydrogen) atoms. The fourth-order valence-electron chi connectivity index (χ4n) is 2.53. The minimum atomic E-state index is -0.131. The molecule has 0 spiro atoms. The lowest BCUT2D eigenvalue weighted by molar-refractivity contribution is -0.145. The van der Waals surface area contributed by atoms with Crippen molar-refractivity contribution < 1.29 is 14.3 Å². The van der Waals surface area contributed by atoms with Crippen LogP contribution in [0.5, 0.6) is 0 Å². The first-order valence-corrected chi connectivity index (χ1v) is 6.87. The van der Waals surface area contributed by atoms with Gasteiger partial charge in [0.15, 0.2) is 0 Å². The molecular weight excluding hydrogens is 216 g/mol. The van der Waals surface area contributed by atoms with Crippen LogP contribution in [0.1, 0.15) is 58.8 Å².